The van der Waals surface area contributed by atoms with Gasteiger partial charge in [-0.3, -0.25) is 14.9 Å². The van der Waals surface area contributed by atoms with Crippen molar-refractivity contribution in [3.63, 3.8) is 0 Å². The van der Waals surface area contributed by atoms with Gasteiger partial charge in [0.15, 0.2) is 5.11 Å². The number of thiocarbonyl (C=S) groups is 1. The maximum Gasteiger partial charge on any atom is 0.258 e. The Labute approximate surface area is 177 Å². The molecule has 142 valence electrons. The van der Waals surface area contributed by atoms with Crippen molar-refractivity contribution in [2.45, 2.75) is 6.42 Å². The minimum atomic E-state index is -0.274. The summed E-state index contributed by atoms with van der Waals surface area (Å²) in [5.74, 6) is -0.420. The van der Waals surface area contributed by atoms with E-state index in [4.69, 9.17) is 17.0 Å². The van der Waals surface area contributed by atoms with Crippen LogP contribution in [0, 0.1) is 3.57 Å². The van der Waals surface area contributed by atoms with E-state index in [0.29, 0.717) is 30.0 Å². The number of amides is 2. The van der Waals surface area contributed by atoms with E-state index < -0.39 is 0 Å². The smallest absolute Gasteiger partial charge is 0.258 e. The van der Waals surface area contributed by atoms with Gasteiger partial charge >= 0.3 is 0 Å². The molecule has 0 unspecified atom stereocenters. The second-order valence-electron chi connectivity index (χ2n) is 5.57. The quantitative estimate of drug-likeness (QED) is 0.311. The van der Waals surface area contributed by atoms with E-state index in [1.54, 1.807) is 43.5 Å². The Bertz CT molecular complexity index is 812. The number of ether oxygens (including phenoxy) is 1. The van der Waals surface area contributed by atoms with E-state index in [9.17, 15) is 9.59 Å². The third kappa shape index (κ3) is 6.89. The molecule has 2 aromatic carbocycles. The summed E-state index contributed by atoms with van der Waals surface area (Å²) in [6.07, 6.45) is 0.760. The first-order valence-corrected chi connectivity index (χ1v) is 9.74. The van der Waals surface area contributed by atoms with Crippen LogP contribution in [0.25, 0.3) is 0 Å². The summed E-state index contributed by atoms with van der Waals surface area (Å²) in [6.45, 7) is 1.16. The van der Waals surface area contributed by atoms with Gasteiger partial charge in [-0.25, -0.2) is 0 Å². The van der Waals surface area contributed by atoms with Gasteiger partial charge in [-0.1, -0.05) is 12.1 Å². The van der Waals surface area contributed by atoms with Gasteiger partial charge in [-0.15, -0.1) is 0 Å². The van der Waals surface area contributed by atoms with Crippen molar-refractivity contribution >= 4 is 57.4 Å². The first kappa shape index (κ1) is 21.3. The summed E-state index contributed by atoms with van der Waals surface area (Å²) in [7, 11) is 1.63. The van der Waals surface area contributed by atoms with Crippen LogP contribution in [-0.4, -0.2) is 37.2 Å². The Kier molecular flexibility index (Phi) is 8.62. The monoisotopic (exact) mass is 497 g/mol. The standard InChI is InChI=1S/C19H20IN3O3S/c1-26-12-4-11-21-17(24)13-7-9-14(10-8-13)22-19(27)23-18(25)15-5-2-3-6-16(15)20/h2-3,5-10H,4,11-12H2,1H3,(H,21,24)(H2,22,23,25,27). The molecule has 0 saturated carbocycles. The van der Waals surface area contributed by atoms with Crippen molar-refractivity contribution < 1.29 is 14.3 Å². The summed E-state index contributed by atoms with van der Waals surface area (Å²) in [5.41, 5.74) is 1.79. The molecule has 2 aromatic rings. The van der Waals surface area contributed by atoms with Gasteiger partial charge in [0.05, 0.1) is 5.56 Å². The molecule has 0 heterocycles. The van der Waals surface area contributed by atoms with Crippen LogP contribution in [0.4, 0.5) is 5.69 Å². The topological polar surface area (TPSA) is 79.5 Å². The second kappa shape index (κ2) is 11.0. The highest BCUT2D eigenvalue weighted by Crippen LogP contribution is 2.12. The van der Waals surface area contributed by atoms with Crippen LogP contribution in [0.1, 0.15) is 27.1 Å². The fourth-order valence-electron chi connectivity index (χ4n) is 2.20. The summed E-state index contributed by atoms with van der Waals surface area (Å²) in [4.78, 5) is 24.3. The van der Waals surface area contributed by atoms with Gasteiger partial charge in [0.1, 0.15) is 0 Å². The average Bonchev–Trinajstić information content (AvgIpc) is 2.66. The third-order valence-electron chi connectivity index (χ3n) is 3.56. The highest BCUT2D eigenvalue weighted by atomic mass is 127. The van der Waals surface area contributed by atoms with Crippen molar-refractivity contribution in [3.8, 4) is 0 Å². The van der Waals surface area contributed by atoms with E-state index >= 15 is 0 Å². The first-order valence-electron chi connectivity index (χ1n) is 8.25. The van der Waals surface area contributed by atoms with Crippen molar-refractivity contribution in [3.05, 3.63) is 63.2 Å². The van der Waals surface area contributed by atoms with E-state index in [2.05, 4.69) is 38.5 Å². The third-order valence-corrected chi connectivity index (χ3v) is 4.71. The van der Waals surface area contributed by atoms with Gasteiger partial charge in [-0.2, -0.15) is 0 Å². The van der Waals surface area contributed by atoms with Crippen LogP contribution in [0.5, 0.6) is 0 Å². The minimum Gasteiger partial charge on any atom is -0.385 e. The number of methoxy groups -OCH3 is 1. The lowest BCUT2D eigenvalue weighted by Gasteiger charge is -2.11. The summed E-state index contributed by atoms with van der Waals surface area (Å²) < 4.78 is 5.79. The number of carbonyl (C=O) groups is 2. The normalized spacial score (nSPS) is 10.1. The van der Waals surface area contributed by atoms with Gasteiger partial charge in [-0.05, 0) is 77.6 Å². The number of anilines is 1. The van der Waals surface area contributed by atoms with E-state index in [-0.39, 0.29) is 16.9 Å². The van der Waals surface area contributed by atoms with Crippen LogP contribution in [0.2, 0.25) is 0 Å². The molecule has 27 heavy (non-hydrogen) atoms. The molecule has 0 aliphatic heterocycles. The van der Waals surface area contributed by atoms with Crippen LogP contribution in [0.15, 0.2) is 48.5 Å². The maximum atomic E-state index is 12.3. The van der Waals surface area contributed by atoms with Crippen molar-refractivity contribution in [2.24, 2.45) is 0 Å². The Morgan fingerprint density at radius 1 is 1.07 bits per heavy atom. The molecule has 0 aliphatic rings. The number of halogens is 1. The predicted octanol–water partition coefficient (Wildman–Crippen LogP) is 3.18. The van der Waals surface area contributed by atoms with Gasteiger partial charge in [0.2, 0.25) is 0 Å². The van der Waals surface area contributed by atoms with Gasteiger partial charge < -0.3 is 15.4 Å². The molecule has 8 heteroatoms. The fraction of sp³-hybridized carbons (Fsp3) is 0.211. The Morgan fingerprint density at radius 2 is 1.78 bits per heavy atom. The van der Waals surface area contributed by atoms with Crippen molar-refractivity contribution in [2.75, 3.05) is 25.6 Å². The zero-order chi connectivity index (χ0) is 19.6. The van der Waals surface area contributed by atoms with E-state index in [1.165, 1.54) is 0 Å². The largest absolute Gasteiger partial charge is 0.385 e. The second-order valence-corrected chi connectivity index (χ2v) is 7.14. The first-order chi connectivity index (χ1) is 13.0. The van der Waals surface area contributed by atoms with Gasteiger partial charge in [0, 0.05) is 35.1 Å². The predicted molar refractivity (Wildman–Crippen MR) is 118 cm³/mol. The summed E-state index contributed by atoms with van der Waals surface area (Å²) in [5, 5.41) is 8.60. The lowest BCUT2D eigenvalue weighted by atomic mass is 10.2. The van der Waals surface area contributed by atoms with E-state index in [1.807, 2.05) is 12.1 Å². The molecule has 2 amide bonds. The minimum absolute atomic E-state index is 0.146. The molecule has 6 nitrogen and oxygen atoms in total. The lowest BCUT2D eigenvalue weighted by Crippen LogP contribution is -2.34. The molecule has 2 rings (SSSR count). The molecule has 0 spiro atoms. The fourth-order valence-corrected chi connectivity index (χ4v) is 3.05. The molecule has 0 radical (unpaired) electrons. The molecule has 0 aromatic heterocycles. The van der Waals surface area contributed by atoms with Crippen molar-refractivity contribution in [1.29, 1.82) is 0 Å². The highest BCUT2D eigenvalue weighted by molar-refractivity contribution is 14.1. The molecule has 0 atom stereocenters. The highest BCUT2D eigenvalue weighted by Gasteiger charge is 2.11. The van der Waals surface area contributed by atoms with Gasteiger partial charge in [0.25, 0.3) is 11.8 Å². The number of hydrogen-bond donors (Lipinski definition) is 3. The maximum absolute atomic E-state index is 12.3. The average molecular weight is 497 g/mol. The number of hydrogen-bond acceptors (Lipinski definition) is 4. The van der Waals surface area contributed by atoms with Crippen LogP contribution < -0.4 is 16.0 Å². The number of nitrogens with one attached hydrogen (secondary N) is 3. The summed E-state index contributed by atoms with van der Waals surface area (Å²) >= 11 is 7.29. The van der Waals surface area contributed by atoms with E-state index in [0.717, 1.165) is 9.99 Å². The SMILES string of the molecule is COCCCNC(=O)c1ccc(NC(=S)NC(=O)c2ccccc2I)cc1. The molecule has 0 saturated heterocycles. The number of rotatable bonds is 7. The number of benzene rings is 2. The molecule has 0 aliphatic carbocycles. The van der Waals surface area contributed by atoms with Crippen LogP contribution >= 0.6 is 34.8 Å². The molecular weight excluding hydrogens is 477 g/mol. The Hall–Kier alpha value is -2.04. The Balaban J connectivity index is 1.86. The molecule has 0 fully saturated rings. The van der Waals surface area contributed by atoms with Crippen LogP contribution in [-0.2, 0) is 4.74 Å². The molecule has 3 N–H and O–H groups in total. The van der Waals surface area contributed by atoms with Crippen LogP contribution in [0.3, 0.4) is 0 Å². The van der Waals surface area contributed by atoms with Crippen molar-refractivity contribution in [1.82, 2.24) is 10.6 Å². The zero-order valence-corrected chi connectivity index (χ0v) is 17.7. The Morgan fingerprint density at radius 3 is 2.44 bits per heavy atom. The molecular formula is C19H20IN3O3S. The number of carbonyl (C=O) groups excluding carboxylic acids is 2. The zero-order valence-electron chi connectivity index (χ0n) is 14.8. The lowest BCUT2D eigenvalue weighted by molar-refractivity contribution is 0.0946. The molecule has 0 bridgehead atoms. The summed E-state index contributed by atoms with van der Waals surface area (Å²) in [6, 6.07) is 14.1.